The minimum absolute atomic E-state index is 0.00361. The highest BCUT2D eigenvalue weighted by Crippen LogP contribution is 2.23. The van der Waals surface area contributed by atoms with Crippen molar-refractivity contribution in [2.75, 3.05) is 19.8 Å². The van der Waals surface area contributed by atoms with Gasteiger partial charge >= 0.3 is 0 Å². The van der Waals surface area contributed by atoms with Gasteiger partial charge in [-0.15, -0.1) is 0 Å². The zero-order valence-electron chi connectivity index (χ0n) is 16.0. The summed E-state index contributed by atoms with van der Waals surface area (Å²) in [7, 11) is 0. The van der Waals surface area contributed by atoms with Gasteiger partial charge in [0.1, 0.15) is 6.10 Å². The van der Waals surface area contributed by atoms with Crippen LogP contribution in [0.2, 0.25) is 0 Å². The van der Waals surface area contributed by atoms with Gasteiger partial charge in [-0.3, -0.25) is 14.6 Å². The lowest BCUT2D eigenvalue weighted by Crippen LogP contribution is -2.53. The molecule has 8 nitrogen and oxygen atoms in total. The third-order valence-corrected chi connectivity index (χ3v) is 5.37. The Morgan fingerprint density at radius 2 is 1.89 bits per heavy atom. The van der Waals surface area contributed by atoms with Gasteiger partial charge in [-0.25, -0.2) is 0 Å². The number of carbonyl (C=O) groups excluding carboxylic acids is 2. The van der Waals surface area contributed by atoms with E-state index in [4.69, 9.17) is 9.47 Å². The largest absolute Gasteiger partial charge is 0.394 e. The van der Waals surface area contributed by atoms with Gasteiger partial charge in [0.25, 0.3) is 0 Å². The van der Waals surface area contributed by atoms with Crippen molar-refractivity contribution in [1.82, 2.24) is 15.6 Å². The Labute approximate surface area is 165 Å². The topological polar surface area (TPSA) is 110 Å². The predicted octanol–water partition coefficient (Wildman–Crippen LogP) is 0.539. The molecule has 0 aromatic carbocycles. The molecule has 3 heterocycles. The highest BCUT2D eigenvalue weighted by Gasteiger charge is 2.34. The van der Waals surface area contributed by atoms with Crippen molar-refractivity contribution in [3.8, 4) is 0 Å². The van der Waals surface area contributed by atoms with E-state index in [0.717, 1.165) is 18.4 Å². The number of hydrogen-bond donors (Lipinski definition) is 3. The van der Waals surface area contributed by atoms with E-state index in [9.17, 15) is 14.7 Å². The fraction of sp³-hybridized carbons (Fsp3) is 0.650. The van der Waals surface area contributed by atoms with Crippen LogP contribution in [0.4, 0.5) is 0 Å². The van der Waals surface area contributed by atoms with Crippen molar-refractivity contribution in [3.63, 3.8) is 0 Å². The van der Waals surface area contributed by atoms with E-state index in [2.05, 4.69) is 15.6 Å². The van der Waals surface area contributed by atoms with Gasteiger partial charge in [0, 0.05) is 38.1 Å². The number of hydrogen-bond acceptors (Lipinski definition) is 6. The standard InChI is InChI=1S/C20H29N3O5/c24-13-18-17(23-20(26)15-5-9-27-10-6-15)2-1-16(28-18)11-19(25)22-12-14-3-7-21-8-4-14/h3-4,7-8,15-18,24H,1-2,5-6,9-13H2,(H,22,25)(H,23,26)/t16-,17-,18-/m0/s1. The second kappa shape index (κ2) is 10.5. The molecule has 0 bridgehead atoms. The Hall–Kier alpha value is -2.03. The zero-order valence-corrected chi connectivity index (χ0v) is 16.0. The minimum Gasteiger partial charge on any atom is -0.394 e. The first-order chi connectivity index (χ1) is 13.7. The molecule has 154 valence electrons. The quantitative estimate of drug-likeness (QED) is 0.626. The Morgan fingerprint density at radius 1 is 1.14 bits per heavy atom. The zero-order chi connectivity index (χ0) is 19.8. The average Bonchev–Trinajstić information content (AvgIpc) is 2.74. The maximum Gasteiger partial charge on any atom is 0.223 e. The highest BCUT2D eigenvalue weighted by atomic mass is 16.5. The lowest BCUT2D eigenvalue weighted by Gasteiger charge is -2.37. The third kappa shape index (κ3) is 5.98. The van der Waals surface area contributed by atoms with Gasteiger partial charge in [-0.1, -0.05) is 0 Å². The highest BCUT2D eigenvalue weighted by molar-refractivity contribution is 5.79. The first kappa shape index (κ1) is 20.7. The maximum atomic E-state index is 12.4. The Kier molecular flexibility index (Phi) is 7.76. The number of aliphatic hydroxyl groups is 1. The molecule has 1 aromatic heterocycles. The molecule has 2 aliphatic rings. The maximum absolute atomic E-state index is 12.4. The second-order valence-corrected chi connectivity index (χ2v) is 7.39. The molecule has 0 radical (unpaired) electrons. The molecule has 2 fully saturated rings. The van der Waals surface area contributed by atoms with Crippen LogP contribution in [0.15, 0.2) is 24.5 Å². The van der Waals surface area contributed by atoms with Crippen molar-refractivity contribution in [2.24, 2.45) is 5.92 Å². The second-order valence-electron chi connectivity index (χ2n) is 7.39. The predicted molar refractivity (Wildman–Crippen MR) is 101 cm³/mol. The Morgan fingerprint density at radius 3 is 2.61 bits per heavy atom. The van der Waals surface area contributed by atoms with Crippen molar-refractivity contribution in [3.05, 3.63) is 30.1 Å². The van der Waals surface area contributed by atoms with Crippen LogP contribution in [-0.4, -0.2) is 60.0 Å². The third-order valence-electron chi connectivity index (χ3n) is 5.37. The van der Waals surface area contributed by atoms with Crippen LogP contribution < -0.4 is 10.6 Å². The lowest BCUT2D eigenvalue weighted by atomic mass is 9.94. The fourth-order valence-electron chi connectivity index (χ4n) is 3.69. The first-order valence-electron chi connectivity index (χ1n) is 9.95. The van der Waals surface area contributed by atoms with E-state index in [1.54, 1.807) is 12.4 Å². The summed E-state index contributed by atoms with van der Waals surface area (Å²) in [5, 5.41) is 15.6. The van der Waals surface area contributed by atoms with Crippen LogP contribution in [0.3, 0.4) is 0 Å². The van der Waals surface area contributed by atoms with Crippen molar-refractivity contribution in [2.45, 2.75) is 56.9 Å². The van der Waals surface area contributed by atoms with Crippen LogP contribution in [0.25, 0.3) is 0 Å². The molecule has 0 spiro atoms. The van der Waals surface area contributed by atoms with Crippen LogP contribution >= 0.6 is 0 Å². The molecule has 1 aromatic rings. The number of nitrogens with zero attached hydrogens (tertiary/aromatic N) is 1. The van der Waals surface area contributed by atoms with E-state index in [-0.39, 0.29) is 42.9 Å². The summed E-state index contributed by atoms with van der Waals surface area (Å²) in [5.74, 6) is -0.128. The number of carbonyl (C=O) groups is 2. The summed E-state index contributed by atoms with van der Waals surface area (Å²) in [6, 6.07) is 3.48. The molecular formula is C20H29N3O5. The average molecular weight is 391 g/mol. The molecule has 2 aliphatic heterocycles. The number of nitrogens with one attached hydrogen (secondary N) is 2. The van der Waals surface area contributed by atoms with Gasteiger partial charge in [0.2, 0.25) is 11.8 Å². The molecule has 0 aliphatic carbocycles. The lowest BCUT2D eigenvalue weighted by molar-refractivity contribution is -0.139. The summed E-state index contributed by atoms with van der Waals surface area (Å²) in [5.41, 5.74) is 0.983. The summed E-state index contributed by atoms with van der Waals surface area (Å²) in [6.45, 7) is 1.48. The molecule has 8 heteroatoms. The summed E-state index contributed by atoms with van der Waals surface area (Å²) < 4.78 is 11.2. The summed E-state index contributed by atoms with van der Waals surface area (Å²) in [6.07, 6.45) is 5.66. The molecule has 28 heavy (non-hydrogen) atoms. The van der Waals surface area contributed by atoms with Crippen molar-refractivity contribution >= 4 is 11.8 Å². The number of ether oxygens (including phenoxy) is 2. The van der Waals surface area contributed by atoms with Gasteiger partial charge in [0.15, 0.2) is 0 Å². The van der Waals surface area contributed by atoms with Crippen LogP contribution in [0.1, 0.15) is 37.7 Å². The van der Waals surface area contributed by atoms with E-state index in [1.165, 1.54) is 0 Å². The summed E-state index contributed by atoms with van der Waals surface area (Å²) >= 11 is 0. The molecule has 0 saturated carbocycles. The summed E-state index contributed by atoms with van der Waals surface area (Å²) in [4.78, 5) is 28.6. The van der Waals surface area contributed by atoms with Crippen molar-refractivity contribution < 1.29 is 24.2 Å². The molecule has 3 atom stereocenters. The number of aliphatic hydroxyl groups excluding tert-OH is 1. The van der Waals surface area contributed by atoms with Gasteiger partial charge < -0.3 is 25.2 Å². The van der Waals surface area contributed by atoms with E-state index in [1.807, 2.05) is 12.1 Å². The number of rotatable bonds is 7. The monoisotopic (exact) mass is 391 g/mol. The first-order valence-corrected chi connectivity index (χ1v) is 9.95. The number of aromatic nitrogens is 1. The van der Waals surface area contributed by atoms with Gasteiger partial charge in [-0.05, 0) is 43.4 Å². The van der Waals surface area contributed by atoms with E-state index >= 15 is 0 Å². The van der Waals surface area contributed by atoms with E-state index in [0.29, 0.717) is 32.6 Å². The number of amides is 2. The SMILES string of the molecule is O=C(C[C@@H]1CC[C@H](NC(=O)C2CCOCC2)[C@H](CO)O1)NCc1ccncc1. The van der Waals surface area contributed by atoms with Crippen LogP contribution in [-0.2, 0) is 25.6 Å². The van der Waals surface area contributed by atoms with Crippen LogP contribution in [0.5, 0.6) is 0 Å². The smallest absolute Gasteiger partial charge is 0.223 e. The molecule has 2 amide bonds. The van der Waals surface area contributed by atoms with Crippen LogP contribution in [0, 0.1) is 5.92 Å². The fourth-order valence-corrected chi connectivity index (χ4v) is 3.69. The van der Waals surface area contributed by atoms with E-state index < -0.39 is 6.10 Å². The molecule has 3 N–H and O–H groups in total. The Balaban J connectivity index is 1.43. The molecular weight excluding hydrogens is 362 g/mol. The normalized spacial score (nSPS) is 25.8. The van der Waals surface area contributed by atoms with Gasteiger partial charge in [0.05, 0.1) is 25.2 Å². The Bertz CT molecular complexity index is 636. The molecule has 2 saturated heterocycles. The molecule has 0 unspecified atom stereocenters. The number of pyridine rings is 1. The minimum atomic E-state index is -0.490. The van der Waals surface area contributed by atoms with Gasteiger partial charge in [-0.2, -0.15) is 0 Å². The van der Waals surface area contributed by atoms with Crippen molar-refractivity contribution in [1.29, 1.82) is 0 Å². The molecule has 3 rings (SSSR count).